The molecular weight excluding hydrogens is 266 g/mol. The minimum atomic E-state index is -0.0881. The van der Waals surface area contributed by atoms with Crippen molar-refractivity contribution < 1.29 is 14.6 Å². The predicted octanol–water partition coefficient (Wildman–Crippen LogP) is 1.89. The molecule has 0 spiro atoms. The Bertz CT molecular complexity index is 515. The Labute approximate surface area is 126 Å². The number of carbonyl (C=O) groups is 1. The average Bonchev–Trinajstić information content (AvgIpc) is 2.49. The van der Waals surface area contributed by atoms with Crippen molar-refractivity contribution in [3.8, 4) is 11.8 Å². The Morgan fingerprint density at radius 2 is 2.24 bits per heavy atom. The van der Waals surface area contributed by atoms with E-state index < -0.39 is 0 Å². The molecule has 4 heteroatoms. The number of carbonyl (C=O) groups excluding carboxylic acids is 1. The third-order valence-corrected chi connectivity index (χ3v) is 2.99. The molecule has 0 aromatic heterocycles. The highest BCUT2D eigenvalue weighted by atomic mass is 16.5. The van der Waals surface area contributed by atoms with Crippen molar-refractivity contribution in [3.05, 3.63) is 34.9 Å². The highest BCUT2D eigenvalue weighted by molar-refractivity contribution is 5.96. The van der Waals surface area contributed by atoms with Crippen LogP contribution >= 0.6 is 0 Å². The molecule has 0 aliphatic heterocycles. The average molecular weight is 289 g/mol. The zero-order valence-electron chi connectivity index (χ0n) is 12.7. The van der Waals surface area contributed by atoms with Gasteiger partial charge in [0.15, 0.2) is 0 Å². The van der Waals surface area contributed by atoms with Gasteiger partial charge in [-0.05, 0) is 38.0 Å². The van der Waals surface area contributed by atoms with Gasteiger partial charge < -0.3 is 15.2 Å². The van der Waals surface area contributed by atoms with E-state index in [-0.39, 0.29) is 12.5 Å². The number of nitrogens with one attached hydrogen (secondary N) is 1. The largest absolute Gasteiger partial charge is 0.395 e. The Morgan fingerprint density at radius 3 is 2.95 bits per heavy atom. The van der Waals surface area contributed by atoms with Crippen LogP contribution in [0.15, 0.2) is 18.2 Å². The maximum Gasteiger partial charge on any atom is 0.251 e. The fraction of sp³-hybridized carbons (Fsp3) is 0.471. The van der Waals surface area contributed by atoms with Gasteiger partial charge in [0.1, 0.15) is 0 Å². The van der Waals surface area contributed by atoms with E-state index in [0.29, 0.717) is 31.7 Å². The number of rotatable bonds is 7. The van der Waals surface area contributed by atoms with Gasteiger partial charge in [0.2, 0.25) is 0 Å². The standard InChI is InChI=1S/C17H23NO3/c1-3-21-13-7-11-18-17(20)16-10-6-9-15(14(16)2)8-4-5-12-19/h6,9-10,19H,3,5,7,11-13H2,1-2H3,(H,18,20). The van der Waals surface area contributed by atoms with Crippen LogP contribution in [0.25, 0.3) is 0 Å². The molecular formula is C17H23NO3. The Morgan fingerprint density at radius 1 is 1.43 bits per heavy atom. The van der Waals surface area contributed by atoms with E-state index in [1.165, 1.54) is 0 Å². The lowest BCUT2D eigenvalue weighted by Crippen LogP contribution is -2.26. The maximum atomic E-state index is 12.1. The number of benzene rings is 1. The van der Waals surface area contributed by atoms with Crippen LogP contribution < -0.4 is 5.32 Å². The Kier molecular flexibility index (Phi) is 8.18. The van der Waals surface area contributed by atoms with Crippen molar-refractivity contribution >= 4 is 5.91 Å². The summed E-state index contributed by atoms with van der Waals surface area (Å²) in [4.78, 5) is 12.1. The Hall–Kier alpha value is -1.83. The van der Waals surface area contributed by atoms with Gasteiger partial charge in [-0.25, -0.2) is 0 Å². The normalized spacial score (nSPS) is 9.86. The Balaban J connectivity index is 2.64. The van der Waals surface area contributed by atoms with E-state index in [0.717, 1.165) is 17.5 Å². The van der Waals surface area contributed by atoms with Crippen molar-refractivity contribution in [2.75, 3.05) is 26.4 Å². The highest BCUT2D eigenvalue weighted by Gasteiger charge is 2.10. The monoisotopic (exact) mass is 289 g/mol. The minimum Gasteiger partial charge on any atom is -0.395 e. The molecule has 1 aromatic rings. The van der Waals surface area contributed by atoms with Gasteiger partial charge in [-0.2, -0.15) is 0 Å². The van der Waals surface area contributed by atoms with Gasteiger partial charge in [0, 0.05) is 37.3 Å². The number of hydrogen-bond acceptors (Lipinski definition) is 3. The van der Waals surface area contributed by atoms with Crippen LogP contribution in [0.3, 0.4) is 0 Å². The molecule has 1 rings (SSSR count). The fourth-order valence-corrected chi connectivity index (χ4v) is 1.85. The van der Waals surface area contributed by atoms with E-state index in [4.69, 9.17) is 9.84 Å². The molecule has 21 heavy (non-hydrogen) atoms. The summed E-state index contributed by atoms with van der Waals surface area (Å²) in [5, 5.41) is 11.6. The molecule has 2 N–H and O–H groups in total. The predicted molar refractivity (Wildman–Crippen MR) is 83.2 cm³/mol. The van der Waals surface area contributed by atoms with Crippen LogP contribution in [-0.2, 0) is 4.74 Å². The summed E-state index contributed by atoms with van der Waals surface area (Å²) < 4.78 is 5.23. The van der Waals surface area contributed by atoms with Crippen molar-refractivity contribution in [1.82, 2.24) is 5.32 Å². The van der Waals surface area contributed by atoms with Crippen LogP contribution in [0, 0.1) is 18.8 Å². The summed E-state index contributed by atoms with van der Waals surface area (Å²) in [5.74, 6) is 5.77. The molecule has 4 nitrogen and oxygen atoms in total. The second kappa shape index (κ2) is 9.98. The van der Waals surface area contributed by atoms with Crippen molar-refractivity contribution in [3.63, 3.8) is 0 Å². The molecule has 0 saturated heterocycles. The van der Waals surface area contributed by atoms with Crippen LogP contribution in [0.5, 0.6) is 0 Å². The number of aliphatic hydroxyl groups is 1. The first-order valence-electron chi connectivity index (χ1n) is 7.26. The minimum absolute atomic E-state index is 0.0477. The molecule has 1 amide bonds. The number of hydrogen-bond donors (Lipinski definition) is 2. The lowest BCUT2D eigenvalue weighted by molar-refractivity contribution is 0.0943. The molecule has 1 aromatic carbocycles. The van der Waals surface area contributed by atoms with Crippen molar-refractivity contribution in [2.45, 2.75) is 26.7 Å². The van der Waals surface area contributed by atoms with Gasteiger partial charge >= 0.3 is 0 Å². The van der Waals surface area contributed by atoms with Gasteiger partial charge in [-0.1, -0.05) is 17.9 Å². The summed E-state index contributed by atoms with van der Waals surface area (Å²) in [6, 6.07) is 5.50. The smallest absolute Gasteiger partial charge is 0.251 e. The van der Waals surface area contributed by atoms with Gasteiger partial charge in [-0.15, -0.1) is 0 Å². The van der Waals surface area contributed by atoms with Crippen LogP contribution in [0.4, 0.5) is 0 Å². The molecule has 0 fully saturated rings. The zero-order chi connectivity index (χ0) is 15.5. The molecule has 0 radical (unpaired) electrons. The van der Waals surface area contributed by atoms with E-state index in [9.17, 15) is 4.79 Å². The number of amides is 1. The zero-order valence-corrected chi connectivity index (χ0v) is 12.7. The van der Waals surface area contributed by atoms with E-state index in [1.807, 2.05) is 26.0 Å². The number of ether oxygens (including phenoxy) is 1. The van der Waals surface area contributed by atoms with Gasteiger partial charge in [0.25, 0.3) is 5.91 Å². The van der Waals surface area contributed by atoms with Gasteiger partial charge in [0.05, 0.1) is 6.61 Å². The molecule has 0 saturated carbocycles. The summed E-state index contributed by atoms with van der Waals surface area (Å²) in [7, 11) is 0. The highest BCUT2D eigenvalue weighted by Crippen LogP contribution is 2.12. The molecule has 0 atom stereocenters. The maximum absolute atomic E-state index is 12.1. The third-order valence-electron chi connectivity index (χ3n) is 2.99. The number of aliphatic hydroxyl groups excluding tert-OH is 1. The van der Waals surface area contributed by atoms with Crippen LogP contribution in [0.2, 0.25) is 0 Å². The van der Waals surface area contributed by atoms with Crippen LogP contribution in [-0.4, -0.2) is 37.4 Å². The van der Waals surface area contributed by atoms with Crippen molar-refractivity contribution in [1.29, 1.82) is 0 Å². The summed E-state index contributed by atoms with van der Waals surface area (Å²) >= 11 is 0. The van der Waals surface area contributed by atoms with E-state index in [1.54, 1.807) is 6.07 Å². The molecule has 114 valence electrons. The first kappa shape index (κ1) is 17.2. The molecule has 0 unspecified atom stereocenters. The summed E-state index contributed by atoms with van der Waals surface area (Å²) in [6.07, 6.45) is 1.24. The topological polar surface area (TPSA) is 58.6 Å². The quantitative estimate of drug-likeness (QED) is 0.595. The summed E-state index contributed by atoms with van der Waals surface area (Å²) in [6.45, 7) is 5.83. The fourth-order valence-electron chi connectivity index (χ4n) is 1.85. The third kappa shape index (κ3) is 5.99. The molecule has 0 aliphatic carbocycles. The van der Waals surface area contributed by atoms with E-state index >= 15 is 0 Å². The second-order valence-corrected chi connectivity index (χ2v) is 4.56. The first-order valence-corrected chi connectivity index (χ1v) is 7.26. The van der Waals surface area contributed by atoms with Gasteiger partial charge in [-0.3, -0.25) is 4.79 Å². The second-order valence-electron chi connectivity index (χ2n) is 4.56. The summed E-state index contributed by atoms with van der Waals surface area (Å²) in [5.41, 5.74) is 2.33. The molecule has 0 aliphatic rings. The molecule has 0 heterocycles. The SMILES string of the molecule is CCOCCCNC(=O)c1cccc(C#CCCO)c1C. The lowest BCUT2D eigenvalue weighted by Gasteiger charge is -2.09. The van der Waals surface area contributed by atoms with Crippen LogP contribution in [0.1, 0.15) is 41.3 Å². The molecule has 0 bridgehead atoms. The lowest BCUT2D eigenvalue weighted by atomic mass is 10.0. The van der Waals surface area contributed by atoms with E-state index in [2.05, 4.69) is 17.2 Å². The first-order chi connectivity index (χ1) is 10.2. The van der Waals surface area contributed by atoms with Crippen molar-refractivity contribution in [2.24, 2.45) is 0 Å².